The van der Waals surface area contributed by atoms with Gasteiger partial charge in [0.25, 0.3) is 11.8 Å². The van der Waals surface area contributed by atoms with Gasteiger partial charge in [0.1, 0.15) is 0 Å². The number of benzene rings is 2. The second-order valence-corrected chi connectivity index (χ2v) is 7.55. The smallest absolute Gasteiger partial charge is 0.322 e. The van der Waals surface area contributed by atoms with Crippen molar-refractivity contribution in [3.8, 4) is 22.8 Å². The number of sulfonamides is 1. The molecule has 4 aromatic rings. The first-order chi connectivity index (χ1) is 13.9. The van der Waals surface area contributed by atoms with E-state index in [4.69, 9.17) is 14.0 Å². The number of furan rings is 1. The number of rotatable bonds is 5. The number of carbonyl (C=O) groups is 1. The highest BCUT2D eigenvalue weighted by Crippen LogP contribution is 2.23. The molecule has 0 unspecified atom stereocenters. The molecule has 0 atom stereocenters. The minimum Gasteiger partial charge on any atom is -0.459 e. The zero-order valence-corrected chi connectivity index (χ0v) is 15.6. The summed E-state index contributed by atoms with van der Waals surface area (Å²) in [7, 11) is -3.74. The van der Waals surface area contributed by atoms with E-state index in [1.54, 1.807) is 48.5 Å². The third-order valence-corrected chi connectivity index (χ3v) is 4.97. The summed E-state index contributed by atoms with van der Waals surface area (Å²) in [5.74, 6) is 0.134. The standard InChI is InChI=1S/C19H14N4O5S/c20-29(25,26)15-9-7-13(8-10-15)12-3-5-14(6-4-12)17(24)21-19-23-22-18(28-19)16-2-1-11-27-16/h1-11H,(H2,20,25,26)(H,21,23,24). The quantitative estimate of drug-likeness (QED) is 0.515. The van der Waals surface area contributed by atoms with Crippen LogP contribution in [0.15, 0.2) is 80.7 Å². The number of primary sulfonamides is 1. The Hall–Kier alpha value is -3.76. The van der Waals surface area contributed by atoms with Crippen LogP contribution in [0.1, 0.15) is 10.4 Å². The van der Waals surface area contributed by atoms with Crippen molar-refractivity contribution in [2.45, 2.75) is 4.90 Å². The lowest BCUT2D eigenvalue weighted by molar-refractivity contribution is 0.102. The van der Waals surface area contributed by atoms with E-state index in [2.05, 4.69) is 15.5 Å². The Morgan fingerprint density at radius 3 is 2.17 bits per heavy atom. The molecule has 2 heterocycles. The molecule has 2 aromatic heterocycles. The lowest BCUT2D eigenvalue weighted by atomic mass is 10.0. The third kappa shape index (κ3) is 4.08. The highest BCUT2D eigenvalue weighted by Gasteiger charge is 2.14. The summed E-state index contributed by atoms with van der Waals surface area (Å²) in [6, 6.07) is 16.2. The van der Waals surface area contributed by atoms with Crippen LogP contribution in [-0.2, 0) is 10.0 Å². The number of nitrogens with two attached hydrogens (primary N) is 1. The summed E-state index contributed by atoms with van der Waals surface area (Å²) in [4.78, 5) is 12.4. The van der Waals surface area contributed by atoms with Crippen LogP contribution >= 0.6 is 0 Å². The summed E-state index contributed by atoms with van der Waals surface area (Å²) in [6.45, 7) is 0. The molecule has 0 bridgehead atoms. The van der Waals surface area contributed by atoms with E-state index in [0.29, 0.717) is 11.3 Å². The maximum absolute atomic E-state index is 12.4. The van der Waals surface area contributed by atoms with Crippen LogP contribution in [0.25, 0.3) is 22.8 Å². The molecule has 0 radical (unpaired) electrons. The normalized spacial score (nSPS) is 11.3. The van der Waals surface area contributed by atoms with E-state index in [1.807, 2.05) is 0 Å². The van der Waals surface area contributed by atoms with Gasteiger partial charge in [-0.1, -0.05) is 29.4 Å². The number of nitrogens with one attached hydrogen (secondary N) is 1. The average Bonchev–Trinajstić information content (AvgIpc) is 3.39. The molecule has 0 aliphatic heterocycles. The topological polar surface area (TPSA) is 141 Å². The van der Waals surface area contributed by atoms with Crippen molar-refractivity contribution in [3.63, 3.8) is 0 Å². The average molecular weight is 410 g/mol. The van der Waals surface area contributed by atoms with Gasteiger partial charge in [0.15, 0.2) is 5.76 Å². The first-order valence-electron chi connectivity index (χ1n) is 8.32. The molecular formula is C19H14N4O5S. The van der Waals surface area contributed by atoms with E-state index in [1.165, 1.54) is 18.4 Å². The van der Waals surface area contributed by atoms with Gasteiger partial charge < -0.3 is 8.83 Å². The number of hydrogen-bond acceptors (Lipinski definition) is 7. The fraction of sp³-hybridized carbons (Fsp3) is 0. The van der Waals surface area contributed by atoms with Crippen molar-refractivity contribution in [1.82, 2.24) is 10.2 Å². The molecule has 29 heavy (non-hydrogen) atoms. The van der Waals surface area contributed by atoms with E-state index in [9.17, 15) is 13.2 Å². The molecule has 4 rings (SSSR count). The fourth-order valence-corrected chi connectivity index (χ4v) is 3.11. The predicted octanol–water partition coefficient (Wildman–Crippen LogP) is 2.90. The molecule has 0 saturated carbocycles. The Labute approximate surface area is 165 Å². The van der Waals surface area contributed by atoms with Crippen molar-refractivity contribution in [2.75, 3.05) is 5.32 Å². The van der Waals surface area contributed by atoms with Crippen molar-refractivity contribution in [1.29, 1.82) is 0 Å². The van der Waals surface area contributed by atoms with Crippen LogP contribution < -0.4 is 10.5 Å². The Balaban J connectivity index is 1.47. The maximum Gasteiger partial charge on any atom is 0.322 e. The molecule has 0 fully saturated rings. The molecule has 0 saturated heterocycles. The van der Waals surface area contributed by atoms with Gasteiger partial charge in [-0.2, -0.15) is 0 Å². The maximum atomic E-state index is 12.4. The number of amides is 1. The van der Waals surface area contributed by atoms with E-state index < -0.39 is 15.9 Å². The van der Waals surface area contributed by atoms with Crippen LogP contribution in [0.3, 0.4) is 0 Å². The largest absolute Gasteiger partial charge is 0.459 e. The number of aromatic nitrogens is 2. The van der Waals surface area contributed by atoms with Gasteiger partial charge in [-0.05, 0) is 47.5 Å². The molecule has 0 spiro atoms. The number of carbonyl (C=O) groups excluding carboxylic acids is 1. The summed E-state index contributed by atoms with van der Waals surface area (Å²) >= 11 is 0. The zero-order chi connectivity index (χ0) is 20.4. The van der Waals surface area contributed by atoms with Gasteiger partial charge in [0.2, 0.25) is 10.0 Å². The minimum absolute atomic E-state index is 0.0331. The van der Waals surface area contributed by atoms with Gasteiger partial charge in [-0.15, -0.1) is 5.10 Å². The number of hydrogen-bond donors (Lipinski definition) is 2. The highest BCUT2D eigenvalue weighted by molar-refractivity contribution is 7.89. The van der Waals surface area contributed by atoms with E-state index in [0.717, 1.165) is 11.1 Å². The minimum atomic E-state index is -3.74. The second-order valence-electron chi connectivity index (χ2n) is 5.99. The van der Waals surface area contributed by atoms with Crippen molar-refractivity contribution in [3.05, 3.63) is 72.5 Å². The lowest BCUT2D eigenvalue weighted by Gasteiger charge is -2.05. The molecule has 10 heteroatoms. The summed E-state index contributed by atoms with van der Waals surface area (Å²) in [6.07, 6.45) is 1.47. The number of anilines is 1. The molecule has 146 valence electrons. The molecule has 2 aromatic carbocycles. The van der Waals surface area contributed by atoms with Gasteiger partial charge in [0.05, 0.1) is 11.2 Å². The van der Waals surface area contributed by atoms with Gasteiger partial charge in [0, 0.05) is 5.56 Å². The molecule has 0 aliphatic carbocycles. The van der Waals surface area contributed by atoms with Gasteiger partial charge in [-0.25, -0.2) is 13.6 Å². The molecule has 3 N–H and O–H groups in total. The summed E-state index contributed by atoms with van der Waals surface area (Å²) in [5, 5.41) is 15.2. The lowest BCUT2D eigenvalue weighted by Crippen LogP contribution is -2.12. The van der Waals surface area contributed by atoms with Crippen LogP contribution in [0, 0.1) is 0 Å². The van der Waals surface area contributed by atoms with Gasteiger partial charge in [-0.3, -0.25) is 10.1 Å². The molecular weight excluding hydrogens is 396 g/mol. The van der Waals surface area contributed by atoms with Crippen LogP contribution in [0.5, 0.6) is 0 Å². The van der Waals surface area contributed by atoms with Crippen LogP contribution in [0.2, 0.25) is 0 Å². The van der Waals surface area contributed by atoms with E-state index in [-0.39, 0.29) is 16.8 Å². The van der Waals surface area contributed by atoms with Crippen LogP contribution in [-0.4, -0.2) is 24.5 Å². The predicted molar refractivity (Wildman–Crippen MR) is 103 cm³/mol. The van der Waals surface area contributed by atoms with Crippen molar-refractivity contribution < 1.29 is 22.0 Å². The number of nitrogens with zero attached hydrogens (tertiary/aromatic N) is 2. The second kappa shape index (κ2) is 7.34. The van der Waals surface area contributed by atoms with Gasteiger partial charge >= 0.3 is 6.01 Å². The van der Waals surface area contributed by atoms with Crippen molar-refractivity contribution >= 4 is 21.9 Å². The monoisotopic (exact) mass is 410 g/mol. The molecule has 9 nitrogen and oxygen atoms in total. The Bertz CT molecular complexity index is 1240. The molecule has 0 aliphatic rings. The fourth-order valence-electron chi connectivity index (χ4n) is 2.59. The SMILES string of the molecule is NS(=O)(=O)c1ccc(-c2ccc(C(=O)Nc3nnc(-c4ccco4)o3)cc2)cc1. The third-order valence-electron chi connectivity index (χ3n) is 4.04. The summed E-state index contributed by atoms with van der Waals surface area (Å²) < 4.78 is 33.2. The Morgan fingerprint density at radius 2 is 1.59 bits per heavy atom. The molecule has 1 amide bonds. The van der Waals surface area contributed by atoms with Crippen LogP contribution in [0.4, 0.5) is 6.01 Å². The first-order valence-corrected chi connectivity index (χ1v) is 9.87. The first kappa shape index (κ1) is 18.6. The zero-order valence-electron chi connectivity index (χ0n) is 14.8. The van der Waals surface area contributed by atoms with E-state index >= 15 is 0 Å². The summed E-state index contributed by atoms with van der Waals surface area (Å²) in [5.41, 5.74) is 1.97. The Kier molecular flexibility index (Phi) is 4.71. The Morgan fingerprint density at radius 1 is 0.931 bits per heavy atom. The highest BCUT2D eigenvalue weighted by atomic mass is 32.2. The van der Waals surface area contributed by atoms with Crippen molar-refractivity contribution in [2.24, 2.45) is 5.14 Å².